The lowest BCUT2D eigenvalue weighted by molar-refractivity contribution is 0.183. The van der Waals surface area contributed by atoms with Crippen molar-refractivity contribution in [3.8, 4) is 16.9 Å². The summed E-state index contributed by atoms with van der Waals surface area (Å²) in [4.78, 5) is 35.5. The maximum atomic E-state index is 14.4. The van der Waals surface area contributed by atoms with Crippen LogP contribution in [0.1, 0.15) is 90.2 Å². The Morgan fingerprint density at radius 3 is 2.21 bits per heavy atom. The van der Waals surface area contributed by atoms with Crippen molar-refractivity contribution < 1.29 is 9.53 Å². The Hall–Kier alpha value is -4.17. The SMILES string of the molecule is CC(C)CCn1c(=O)c(NC(=O)Nc2c(C(C)C)cccc2C(C)C)c(-c2cccc(OCCN3CCCCC3)c2)c2cccnc21. The lowest BCUT2D eigenvalue weighted by atomic mass is 9.93. The highest BCUT2D eigenvalue weighted by molar-refractivity contribution is 6.07. The summed E-state index contributed by atoms with van der Waals surface area (Å²) in [6, 6.07) is 17.3. The number of nitrogens with zero attached hydrogens (tertiary/aromatic N) is 3. The highest BCUT2D eigenvalue weighted by Crippen LogP contribution is 2.36. The van der Waals surface area contributed by atoms with Crippen LogP contribution in [-0.4, -0.2) is 46.7 Å². The van der Waals surface area contributed by atoms with Crippen LogP contribution >= 0.6 is 0 Å². The standard InChI is InChI=1S/C39H51N5O3/c1-26(2)18-22-44-37-33(17-12-19-40-37)34(29-13-10-14-30(25-29)47-24-23-43-20-8-7-9-21-43)36(38(44)45)42-39(46)41-35-31(27(3)4)15-11-16-32(35)28(5)6/h10-17,19,25-28H,7-9,18,20-24H2,1-6H3,(H2,41,42,46). The molecule has 3 heterocycles. The normalized spacial score (nSPS) is 13.9. The van der Waals surface area contributed by atoms with Crippen LogP contribution in [0.2, 0.25) is 0 Å². The number of carbonyl (C=O) groups excluding carboxylic acids is 1. The minimum Gasteiger partial charge on any atom is -0.492 e. The monoisotopic (exact) mass is 637 g/mol. The van der Waals surface area contributed by atoms with Gasteiger partial charge in [0.15, 0.2) is 0 Å². The third kappa shape index (κ3) is 8.22. The van der Waals surface area contributed by atoms with E-state index < -0.39 is 6.03 Å². The quantitative estimate of drug-likeness (QED) is 0.162. The predicted molar refractivity (Wildman–Crippen MR) is 194 cm³/mol. The van der Waals surface area contributed by atoms with E-state index in [1.807, 2.05) is 42.5 Å². The number of aryl methyl sites for hydroxylation is 1. The molecule has 2 amide bonds. The van der Waals surface area contributed by atoms with Gasteiger partial charge in [-0.15, -0.1) is 0 Å². The number of aromatic nitrogens is 2. The zero-order valence-corrected chi connectivity index (χ0v) is 28.9. The number of hydrogen-bond acceptors (Lipinski definition) is 5. The van der Waals surface area contributed by atoms with Gasteiger partial charge in [-0.2, -0.15) is 0 Å². The van der Waals surface area contributed by atoms with Gasteiger partial charge >= 0.3 is 6.03 Å². The Labute approximate surface area is 279 Å². The number of urea groups is 1. The van der Waals surface area contributed by atoms with E-state index in [-0.39, 0.29) is 23.1 Å². The number of nitrogens with one attached hydrogen (secondary N) is 2. The second kappa shape index (κ2) is 15.6. The van der Waals surface area contributed by atoms with Crippen LogP contribution in [0.25, 0.3) is 22.2 Å². The van der Waals surface area contributed by atoms with Crippen LogP contribution < -0.4 is 20.9 Å². The lowest BCUT2D eigenvalue weighted by Crippen LogP contribution is -2.33. The third-order valence-electron chi connectivity index (χ3n) is 9.05. The van der Waals surface area contributed by atoms with E-state index in [1.165, 1.54) is 19.3 Å². The van der Waals surface area contributed by atoms with Gasteiger partial charge in [0.05, 0.1) is 0 Å². The summed E-state index contributed by atoms with van der Waals surface area (Å²) in [7, 11) is 0. The number of amides is 2. The van der Waals surface area contributed by atoms with Crippen molar-refractivity contribution in [2.75, 3.05) is 36.9 Å². The van der Waals surface area contributed by atoms with Gasteiger partial charge in [0.25, 0.3) is 5.56 Å². The molecule has 1 saturated heterocycles. The summed E-state index contributed by atoms with van der Waals surface area (Å²) in [5, 5.41) is 6.96. The van der Waals surface area contributed by atoms with Gasteiger partial charge in [-0.25, -0.2) is 9.78 Å². The molecule has 2 aromatic carbocycles. The minimum atomic E-state index is -0.453. The van der Waals surface area contributed by atoms with Gasteiger partial charge in [-0.05, 0) is 91.1 Å². The molecule has 8 nitrogen and oxygen atoms in total. The Balaban J connectivity index is 1.56. The van der Waals surface area contributed by atoms with E-state index in [0.29, 0.717) is 30.3 Å². The number of carbonyl (C=O) groups is 1. The largest absolute Gasteiger partial charge is 0.492 e. The average Bonchev–Trinajstić information content (AvgIpc) is 3.05. The summed E-state index contributed by atoms with van der Waals surface area (Å²) < 4.78 is 7.94. The van der Waals surface area contributed by atoms with E-state index >= 15 is 0 Å². The molecule has 5 rings (SSSR count). The fraction of sp³-hybridized carbons (Fsp3) is 0.462. The molecule has 0 saturated carbocycles. The number of benzene rings is 2. The molecule has 0 radical (unpaired) electrons. The molecule has 8 heteroatoms. The Morgan fingerprint density at radius 2 is 1.53 bits per heavy atom. The van der Waals surface area contributed by atoms with Crippen molar-refractivity contribution in [2.45, 2.75) is 85.6 Å². The fourth-order valence-electron chi connectivity index (χ4n) is 6.46. The van der Waals surface area contributed by atoms with Crippen LogP contribution in [-0.2, 0) is 6.54 Å². The molecule has 1 fully saturated rings. The molecule has 47 heavy (non-hydrogen) atoms. The van der Waals surface area contributed by atoms with Crippen LogP contribution in [0.5, 0.6) is 5.75 Å². The van der Waals surface area contributed by atoms with Gasteiger partial charge in [0.2, 0.25) is 0 Å². The van der Waals surface area contributed by atoms with E-state index in [0.717, 1.165) is 59.6 Å². The van der Waals surface area contributed by atoms with Crippen molar-refractivity contribution >= 4 is 28.4 Å². The van der Waals surface area contributed by atoms with E-state index in [1.54, 1.807) is 10.8 Å². The number of pyridine rings is 2. The molecule has 0 spiro atoms. The van der Waals surface area contributed by atoms with Crippen molar-refractivity contribution in [3.05, 3.63) is 82.3 Å². The molecule has 0 aliphatic carbocycles. The highest BCUT2D eigenvalue weighted by Gasteiger charge is 2.23. The molecule has 1 aliphatic rings. The van der Waals surface area contributed by atoms with Crippen molar-refractivity contribution in [3.63, 3.8) is 0 Å². The maximum Gasteiger partial charge on any atom is 0.323 e. The van der Waals surface area contributed by atoms with Crippen LogP contribution in [0.15, 0.2) is 65.6 Å². The number of hydrogen-bond donors (Lipinski definition) is 2. The first-order valence-electron chi connectivity index (χ1n) is 17.3. The maximum absolute atomic E-state index is 14.4. The fourth-order valence-corrected chi connectivity index (χ4v) is 6.46. The minimum absolute atomic E-state index is 0.206. The molecule has 4 aromatic rings. The Bertz CT molecular complexity index is 1710. The third-order valence-corrected chi connectivity index (χ3v) is 9.05. The number of para-hydroxylation sites is 1. The zero-order chi connectivity index (χ0) is 33.5. The second-order valence-corrected chi connectivity index (χ2v) is 13.7. The Morgan fingerprint density at radius 1 is 0.851 bits per heavy atom. The van der Waals surface area contributed by atoms with Crippen LogP contribution in [0.4, 0.5) is 16.2 Å². The molecule has 2 N–H and O–H groups in total. The molecule has 0 bridgehead atoms. The van der Waals surface area contributed by atoms with Gasteiger partial charge < -0.3 is 15.4 Å². The molecular formula is C39H51N5O3. The molecule has 1 aliphatic heterocycles. The van der Waals surface area contributed by atoms with E-state index in [4.69, 9.17) is 4.74 Å². The number of piperidine rings is 1. The summed E-state index contributed by atoms with van der Waals surface area (Å²) in [5.74, 6) is 1.53. The smallest absolute Gasteiger partial charge is 0.323 e. The van der Waals surface area contributed by atoms with Gasteiger partial charge in [-0.1, -0.05) is 78.3 Å². The number of ether oxygens (including phenoxy) is 1. The summed E-state index contributed by atoms with van der Waals surface area (Å²) in [5.41, 5.74) is 4.87. The molecule has 2 aromatic heterocycles. The van der Waals surface area contributed by atoms with Gasteiger partial charge in [0.1, 0.15) is 23.7 Å². The number of fused-ring (bicyclic) bond motifs is 1. The molecular weight excluding hydrogens is 586 g/mol. The molecule has 0 atom stereocenters. The van der Waals surface area contributed by atoms with E-state index in [2.05, 4.69) is 74.2 Å². The van der Waals surface area contributed by atoms with Crippen molar-refractivity contribution in [1.82, 2.24) is 14.5 Å². The van der Waals surface area contributed by atoms with Crippen LogP contribution in [0, 0.1) is 5.92 Å². The topological polar surface area (TPSA) is 88.5 Å². The van der Waals surface area contributed by atoms with E-state index in [9.17, 15) is 9.59 Å². The number of anilines is 2. The van der Waals surface area contributed by atoms with Crippen molar-refractivity contribution in [2.24, 2.45) is 5.92 Å². The molecule has 250 valence electrons. The lowest BCUT2D eigenvalue weighted by Gasteiger charge is -2.26. The average molecular weight is 638 g/mol. The first-order valence-corrected chi connectivity index (χ1v) is 17.3. The summed E-state index contributed by atoms with van der Waals surface area (Å²) in [6.07, 6.45) is 6.30. The second-order valence-electron chi connectivity index (χ2n) is 13.7. The first-order chi connectivity index (χ1) is 22.6. The predicted octanol–water partition coefficient (Wildman–Crippen LogP) is 8.87. The summed E-state index contributed by atoms with van der Waals surface area (Å²) in [6.45, 7) is 16.9. The molecule has 0 unspecified atom stereocenters. The number of rotatable bonds is 12. The van der Waals surface area contributed by atoms with Gasteiger partial charge in [-0.3, -0.25) is 14.3 Å². The number of likely N-dealkylation sites (tertiary alicyclic amines) is 1. The summed E-state index contributed by atoms with van der Waals surface area (Å²) >= 11 is 0. The first kappa shape index (κ1) is 34.2. The Kier molecular flexibility index (Phi) is 11.4. The zero-order valence-electron chi connectivity index (χ0n) is 28.9. The highest BCUT2D eigenvalue weighted by atomic mass is 16.5. The van der Waals surface area contributed by atoms with Crippen molar-refractivity contribution in [1.29, 1.82) is 0 Å². The van der Waals surface area contributed by atoms with Gasteiger partial charge in [0, 0.05) is 35.9 Å². The van der Waals surface area contributed by atoms with Crippen LogP contribution in [0.3, 0.4) is 0 Å².